The first-order valence-electron chi connectivity index (χ1n) is 10.2. The van der Waals surface area contributed by atoms with E-state index in [2.05, 4.69) is 10.2 Å². The van der Waals surface area contributed by atoms with Crippen molar-refractivity contribution in [1.82, 2.24) is 10.2 Å². The predicted octanol–water partition coefficient (Wildman–Crippen LogP) is 2.09. The number of nitrogens with one attached hydrogen (secondary N) is 2. The Morgan fingerprint density at radius 1 is 1.09 bits per heavy atom. The molecule has 1 aliphatic heterocycles. The van der Waals surface area contributed by atoms with E-state index in [0.29, 0.717) is 53.7 Å². The van der Waals surface area contributed by atoms with Gasteiger partial charge < -0.3 is 29.8 Å². The normalized spacial score (nSPS) is 13.4. The van der Waals surface area contributed by atoms with Crippen molar-refractivity contribution in [2.45, 2.75) is 18.8 Å². The van der Waals surface area contributed by atoms with Gasteiger partial charge in [0.15, 0.2) is 11.5 Å². The molecule has 9 heteroatoms. The zero-order valence-electron chi connectivity index (χ0n) is 17.9. The number of nitrogens with two attached hydrogens (primary N) is 1. The Morgan fingerprint density at radius 3 is 2.53 bits per heavy atom. The summed E-state index contributed by atoms with van der Waals surface area (Å²) in [5.74, 6) is 1.09. The number of carbonyl (C=O) groups excluding carboxylic acids is 1. The summed E-state index contributed by atoms with van der Waals surface area (Å²) in [4.78, 5) is 24.8. The van der Waals surface area contributed by atoms with Crippen molar-refractivity contribution in [1.29, 1.82) is 0 Å². The minimum absolute atomic E-state index is 0.0562. The van der Waals surface area contributed by atoms with Crippen molar-refractivity contribution in [2.24, 2.45) is 5.73 Å². The van der Waals surface area contributed by atoms with Crippen LogP contribution in [0.15, 0.2) is 41.2 Å². The third-order valence-electron chi connectivity index (χ3n) is 5.44. The van der Waals surface area contributed by atoms with Gasteiger partial charge in [-0.1, -0.05) is 12.1 Å². The molecule has 32 heavy (non-hydrogen) atoms. The van der Waals surface area contributed by atoms with Gasteiger partial charge >= 0.3 is 0 Å². The molecular weight excluding hydrogens is 414 g/mol. The van der Waals surface area contributed by atoms with E-state index in [4.69, 9.17) is 24.7 Å². The topological polar surface area (TPSA) is 129 Å². The molecule has 4 rings (SSSR count). The van der Waals surface area contributed by atoms with Gasteiger partial charge in [0.1, 0.15) is 19.0 Å². The lowest BCUT2D eigenvalue weighted by molar-refractivity contribution is -0.118. The van der Waals surface area contributed by atoms with Crippen LogP contribution in [0.5, 0.6) is 23.0 Å². The number of ether oxygens (including phenoxy) is 4. The molecule has 0 fully saturated rings. The standard InChI is InChI=1S/C23H25N3O6/c1-29-15-5-3-13(4-6-15)9-17-21(23(28)26-25-17)16(12-20(24)27)14-10-18(30-2)22-19(11-14)31-7-8-32-22/h3-6,10-11,16H,7-9,12H2,1-2H3,(H2,24,27)(H2,25,26,28)/t16-/m1/s1. The van der Waals surface area contributed by atoms with Gasteiger partial charge in [0.25, 0.3) is 5.56 Å². The Morgan fingerprint density at radius 2 is 1.84 bits per heavy atom. The molecule has 1 aromatic heterocycles. The molecule has 9 nitrogen and oxygen atoms in total. The lowest BCUT2D eigenvalue weighted by Crippen LogP contribution is -2.22. The summed E-state index contributed by atoms with van der Waals surface area (Å²) in [6.45, 7) is 0.810. The van der Waals surface area contributed by atoms with Crippen molar-refractivity contribution in [2.75, 3.05) is 27.4 Å². The van der Waals surface area contributed by atoms with Gasteiger partial charge in [-0.15, -0.1) is 0 Å². The molecule has 0 spiro atoms. The zero-order valence-corrected chi connectivity index (χ0v) is 17.9. The van der Waals surface area contributed by atoms with E-state index >= 15 is 0 Å². The number of hydrogen-bond donors (Lipinski definition) is 3. The van der Waals surface area contributed by atoms with Gasteiger partial charge in [0.2, 0.25) is 11.7 Å². The number of benzene rings is 2. The van der Waals surface area contributed by atoms with Crippen molar-refractivity contribution in [3.63, 3.8) is 0 Å². The number of aromatic nitrogens is 2. The maximum Gasteiger partial charge on any atom is 0.267 e. The predicted molar refractivity (Wildman–Crippen MR) is 117 cm³/mol. The molecular formula is C23H25N3O6. The number of hydrogen-bond acceptors (Lipinski definition) is 6. The van der Waals surface area contributed by atoms with Crippen LogP contribution in [0.4, 0.5) is 0 Å². The summed E-state index contributed by atoms with van der Waals surface area (Å²) in [6.07, 6.45) is 0.397. The third kappa shape index (κ3) is 4.27. The molecule has 1 atom stereocenters. The highest BCUT2D eigenvalue weighted by atomic mass is 16.6. The van der Waals surface area contributed by atoms with Gasteiger partial charge in [0.05, 0.1) is 14.2 Å². The molecule has 4 N–H and O–H groups in total. The van der Waals surface area contributed by atoms with Crippen molar-refractivity contribution in [3.8, 4) is 23.0 Å². The van der Waals surface area contributed by atoms with E-state index in [-0.39, 0.29) is 12.0 Å². The largest absolute Gasteiger partial charge is 0.497 e. The van der Waals surface area contributed by atoms with Crippen LogP contribution in [0.25, 0.3) is 0 Å². The lowest BCUT2D eigenvalue weighted by Gasteiger charge is -2.24. The second kappa shape index (κ2) is 9.09. The fourth-order valence-electron chi connectivity index (χ4n) is 3.94. The number of aromatic amines is 2. The summed E-state index contributed by atoms with van der Waals surface area (Å²) < 4.78 is 22.1. The molecule has 0 bridgehead atoms. The summed E-state index contributed by atoms with van der Waals surface area (Å²) in [6, 6.07) is 11.1. The van der Waals surface area contributed by atoms with Crippen LogP contribution in [0.2, 0.25) is 0 Å². The number of amides is 1. The quantitative estimate of drug-likeness (QED) is 0.493. The smallest absolute Gasteiger partial charge is 0.267 e. The van der Waals surface area contributed by atoms with Crippen LogP contribution in [0.1, 0.15) is 34.7 Å². The van der Waals surface area contributed by atoms with E-state index in [1.807, 2.05) is 24.3 Å². The first-order valence-corrected chi connectivity index (χ1v) is 10.2. The summed E-state index contributed by atoms with van der Waals surface area (Å²) >= 11 is 0. The lowest BCUT2D eigenvalue weighted by atomic mass is 9.86. The molecule has 0 aliphatic carbocycles. The van der Waals surface area contributed by atoms with Gasteiger partial charge in [-0.2, -0.15) is 0 Å². The molecule has 3 aromatic rings. The second-order valence-corrected chi connectivity index (χ2v) is 7.47. The average Bonchev–Trinajstić information content (AvgIpc) is 3.16. The molecule has 0 saturated carbocycles. The van der Waals surface area contributed by atoms with Crippen molar-refractivity contribution < 1.29 is 23.7 Å². The molecule has 1 aliphatic rings. The van der Waals surface area contributed by atoms with Crippen LogP contribution in [0.3, 0.4) is 0 Å². The minimum Gasteiger partial charge on any atom is -0.497 e. The third-order valence-corrected chi connectivity index (χ3v) is 5.44. The first kappa shape index (κ1) is 21.4. The summed E-state index contributed by atoms with van der Waals surface area (Å²) in [7, 11) is 3.13. The zero-order chi connectivity index (χ0) is 22.7. The molecule has 1 amide bonds. The Hall–Kier alpha value is -3.88. The number of carbonyl (C=O) groups is 1. The molecule has 0 unspecified atom stereocenters. The number of primary amides is 1. The number of methoxy groups -OCH3 is 2. The van der Waals surface area contributed by atoms with Crippen LogP contribution < -0.4 is 30.2 Å². The fourth-order valence-corrected chi connectivity index (χ4v) is 3.94. The van der Waals surface area contributed by atoms with Gasteiger partial charge in [-0.25, -0.2) is 0 Å². The Balaban J connectivity index is 1.77. The van der Waals surface area contributed by atoms with E-state index in [9.17, 15) is 9.59 Å². The van der Waals surface area contributed by atoms with E-state index in [1.54, 1.807) is 19.2 Å². The molecule has 2 heterocycles. The minimum atomic E-state index is -0.597. The first-order chi connectivity index (χ1) is 15.5. The second-order valence-electron chi connectivity index (χ2n) is 7.47. The number of rotatable bonds is 8. The van der Waals surface area contributed by atoms with E-state index in [0.717, 1.165) is 11.3 Å². The molecule has 0 radical (unpaired) electrons. The highest BCUT2D eigenvalue weighted by Crippen LogP contribution is 2.43. The Labute approximate surface area is 184 Å². The maximum atomic E-state index is 12.8. The van der Waals surface area contributed by atoms with Crippen molar-refractivity contribution in [3.05, 3.63) is 69.1 Å². The molecule has 2 aromatic carbocycles. The van der Waals surface area contributed by atoms with E-state index < -0.39 is 11.8 Å². The Kier molecular flexibility index (Phi) is 6.07. The molecule has 0 saturated heterocycles. The van der Waals surface area contributed by atoms with Crippen LogP contribution >= 0.6 is 0 Å². The Bertz CT molecular complexity index is 1150. The number of H-pyrrole nitrogens is 2. The van der Waals surface area contributed by atoms with Gasteiger partial charge in [-0.3, -0.25) is 14.7 Å². The SMILES string of the molecule is COc1ccc(Cc2[nH][nH]c(=O)c2[C@H](CC(N)=O)c2cc(OC)c3c(c2)OCCO3)cc1. The van der Waals surface area contributed by atoms with Crippen LogP contribution in [-0.4, -0.2) is 43.5 Å². The molecule has 168 valence electrons. The van der Waals surface area contributed by atoms with Crippen molar-refractivity contribution >= 4 is 5.91 Å². The van der Waals surface area contributed by atoms with Gasteiger partial charge in [0, 0.05) is 30.0 Å². The monoisotopic (exact) mass is 439 g/mol. The van der Waals surface area contributed by atoms with Crippen LogP contribution in [0, 0.1) is 0 Å². The van der Waals surface area contributed by atoms with Gasteiger partial charge in [-0.05, 0) is 35.4 Å². The summed E-state index contributed by atoms with van der Waals surface area (Å²) in [5, 5.41) is 5.61. The summed E-state index contributed by atoms with van der Waals surface area (Å²) in [5.41, 5.74) is 8.01. The highest BCUT2D eigenvalue weighted by molar-refractivity contribution is 5.76. The highest BCUT2D eigenvalue weighted by Gasteiger charge is 2.28. The van der Waals surface area contributed by atoms with E-state index in [1.165, 1.54) is 7.11 Å². The maximum absolute atomic E-state index is 12.8. The van der Waals surface area contributed by atoms with Crippen LogP contribution in [-0.2, 0) is 11.2 Å². The average molecular weight is 439 g/mol. The number of fused-ring (bicyclic) bond motifs is 1. The fraction of sp³-hybridized carbons (Fsp3) is 0.304.